The fourth-order valence-corrected chi connectivity index (χ4v) is 1.61. The number of nitrogens with zero attached hydrogens (tertiary/aromatic N) is 2. The fraction of sp³-hybridized carbons (Fsp3) is 0.800. The Labute approximate surface area is 95.1 Å². The third kappa shape index (κ3) is 5.55. The molecule has 6 heteroatoms. The quantitative estimate of drug-likeness (QED) is 0.565. The molecular weight excluding hydrogens is 210 g/mol. The molecule has 1 aliphatic rings. The highest BCUT2D eigenvalue weighted by atomic mass is 16.3. The van der Waals surface area contributed by atoms with Gasteiger partial charge in [-0.15, -0.1) is 4.91 Å². The van der Waals surface area contributed by atoms with E-state index in [0.717, 1.165) is 38.8 Å². The number of likely N-dealkylation sites (tertiary alicyclic amines) is 1. The zero-order valence-corrected chi connectivity index (χ0v) is 9.59. The summed E-state index contributed by atoms with van der Waals surface area (Å²) in [4.78, 5) is 30.7. The Morgan fingerprint density at radius 3 is 2.38 bits per heavy atom. The average molecular weight is 229 g/mol. The van der Waals surface area contributed by atoms with Crippen molar-refractivity contribution in [3.8, 4) is 0 Å². The Morgan fingerprint density at radius 2 is 2.00 bits per heavy atom. The van der Waals surface area contributed by atoms with Crippen molar-refractivity contribution in [2.45, 2.75) is 38.6 Å². The van der Waals surface area contributed by atoms with Gasteiger partial charge in [0.2, 0.25) is 5.91 Å². The zero-order valence-electron chi connectivity index (χ0n) is 9.59. The molecule has 1 saturated heterocycles. The van der Waals surface area contributed by atoms with Crippen molar-refractivity contribution in [3.05, 3.63) is 4.91 Å². The Morgan fingerprint density at radius 1 is 1.50 bits per heavy atom. The van der Waals surface area contributed by atoms with Gasteiger partial charge in [-0.05, 0) is 19.3 Å². The number of carbonyl (C=O) groups is 2. The van der Waals surface area contributed by atoms with Gasteiger partial charge in [0.1, 0.15) is 0 Å². The predicted octanol–water partition coefficient (Wildman–Crippen LogP) is 0.645. The molecule has 1 atom stereocenters. The van der Waals surface area contributed by atoms with Crippen LogP contribution in [0.15, 0.2) is 5.18 Å². The van der Waals surface area contributed by atoms with E-state index >= 15 is 0 Å². The SMILES string of the molecule is CCCC(N)C(=O)N1CCCC1.O=CN=O. The molecule has 1 heterocycles. The van der Waals surface area contributed by atoms with Crippen molar-refractivity contribution in [3.63, 3.8) is 0 Å². The first kappa shape index (κ1) is 14.7. The molecule has 0 aromatic rings. The van der Waals surface area contributed by atoms with E-state index in [1.54, 1.807) is 5.18 Å². The highest BCUT2D eigenvalue weighted by Gasteiger charge is 2.22. The second-order valence-electron chi connectivity index (χ2n) is 3.64. The number of amides is 2. The van der Waals surface area contributed by atoms with Crippen LogP contribution >= 0.6 is 0 Å². The molecule has 0 aromatic heterocycles. The monoisotopic (exact) mass is 229 g/mol. The highest BCUT2D eigenvalue weighted by Crippen LogP contribution is 2.09. The third-order valence-corrected chi connectivity index (χ3v) is 2.38. The van der Waals surface area contributed by atoms with E-state index in [4.69, 9.17) is 15.4 Å². The van der Waals surface area contributed by atoms with Crippen LogP contribution in [0.25, 0.3) is 0 Å². The van der Waals surface area contributed by atoms with Gasteiger partial charge in [0.15, 0.2) is 0 Å². The second kappa shape index (κ2) is 8.96. The predicted molar refractivity (Wildman–Crippen MR) is 60.6 cm³/mol. The summed E-state index contributed by atoms with van der Waals surface area (Å²) in [5.74, 6) is 0.148. The van der Waals surface area contributed by atoms with Crippen molar-refractivity contribution >= 4 is 12.3 Å². The molecule has 1 unspecified atom stereocenters. The van der Waals surface area contributed by atoms with Crippen molar-refractivity contribution in [1.29, 1.82) is 0 Å². The number of nitrogens with two attached hydrogens (primary N) is 1. The highest BCUT2D eigenvalue weighted by molar-refractivity contribution is 5.81. The molecule has 6 nitrogen and oxygen atoms in total. The van der Waals surface area contributed by atoms with E-state index < -0.39 is 0 Å². The average Bonchev–Trinajstić information content (AvgIpc) is 2.82. The number of rotatable bonds is 4. The first-order valence-electron chi connectivity index (χ1n) is 5.47. The Hall–Kier alpha value is -1.30. The second-order valence-corrected chi connectivity index (χ2v) is 3.64. The van der Waals surface area contributed by atoms with Gasteiger partial charge in [0.25, 0.3) is 6.41 Å². The molecule has 92 valence electrons. The van der Waals surface area contributed by atoms with E-state index in [1.165, 1.54) is 0 Å². The topological polar surface area (TPSA) is 92.8 Å². The molecule has 0 spiro atoms. The van der Waals surface area contributed by atoms with Gasteiger partial charge in [-0.3, -0.25) is 9.59 Å². The molecule has 0 bridgehead atoms. The van der Waals surface area contributed by atoms with Gasteiger partial charge in [0, 0.05) is 18.3 Å². The van der Waals surface area contributed by atoms with Gasteiger partial charge in [-0.25, -0.2) is 0 Å². The summed E-state index contributed by atoms with van der Waals surface area (Å²) < 4.78 is 0. The van der Waals surface area contributed by atoms with Crippen LogP contribution in [0.2, 0.25) is 0 Å². The lowest BCUT2D eigenvalue weighted by Gasteiger charge is -2.19. The molecule has 0 radical (unpaired) electrons. The van der Waals surface area contributed by atoms with Gasteiger partial charge in [-0.1, -0.05) is 13.3 Å². The molecule has 16 heavy (non-hydrogen) atoms. The fourth-order valence-electron chi connectivity index (χ4n) is 1.61. The van der Waals surface area contributed by atoms with E-state index in [0.29, 0.717) is 0 Å². The zero-order chi connectivity index (χ0) is 12.4. The first-order valence-corrected chi connectivity index (χ1v) is 5.47. The maximum absolute atomic E-state index is 11.5. The molecule has 1 rings (SSSR count). The number of hydrogen-bond acceptors (Lipinski definition) is 4. The smallest absolute Gasteiger partial charge is 0.274 e. The minimum absolute atomic E-state index is 0.0556. The van der Waals surface area contributed by atoms with E-state index in [-0.39, 0.29) is 18.4 Å². The summed E-state index contributed by atoms with van der Waals surface area (Å²) in [6, 6.07) is -0.256. The molecular formula is C10H19N3O3. The van der Waals surface area contributed by atoms with Crippen molar-refractivity contribution in [2.75, 3.05) is 13.1 Å². The maximum Gasteiger partial charge on any atom is 0.274 e. The largest absolute Gasteiger partial charge is 0.341 e. The van der Waals surface area contributed by atoms with Crippen molar-refractivity contribution < 1.29 is 9.59 Å². The molecule has 0 aromatic carbocycles. The van der Waals surface area contributed by atoms with Crippen LogP contribution < -0.4 is 5.73 Å². The molecule has 1 aliphatic heterocycles. The number of carbonyl (C=O) groups excluding carboxylic acids is 2. The van der Waals surface area contributed by atoms with Crippen LogP contribution in [0, 0.1) is 4.91 Å². The first-order chi connectivity index (χ1) is 7.67. The minimum atomic E-state index is -0.256. The van der Waals surface area contributed by atoms with Crippen molar-refractivity contribution in [2.24, 2.45) is 10.9 Å². The van der Waals surface area contributed by atoms with Crippen LogP contribution in [0.1, 0.15) is 32.6 Å². The molecule has 0 aliphatic carbocycles. The summed E-state index contributed by atoms with van der Waals surface area (Å²) in [7, 11) is 0. The van der Waals surface area contributed by atoms with Crippen LogP contribution in [0.4, 0.5) is 0 Å². The van der Waals surface area contributed by atoms with Crippen LogP contribution in [0.5, 0.6) is 0 Å². The number of hydrogen-bond donors (Lipinski definition) is 1. The van der Waals surface area contributed by atoms with E-state index in [9.17, 15) is 4.79 Å². The minimum Gasteiger partial charge on any atom is -0.341 e. The summed E-state index contributed by atoms with van der Waals surface area (Å²) in [6.07, 6.45) is 4.03. The normalized spacial score (nSPS) is 16.0. The molecule has 2 N–H and O–H groups in total. The lowest BCUT2D eigenvalue weighted by Crippen LogP contribution is -2.42. The van der Waals surface area contributed by atoms with Gasteiger partial charge in [-0.2, -0.15) is 0 Å². The lowest BCUT2D eigenvalue weighted by atomic mass is 10.1. The maximum atomic E-state index is 11.5. The summed E-state index contributed by atoms with van der Waals surface area (Å²) in [6.45, 7) is 3.88. The lowest BCUT2D eigenvalue weighted by molar-refractivity contribution is -0.131. The van der Waals surface area contributed by atoms with E-state index in [2.05, 4.69) is 6.92 Å². The third-order valence-electron chi connectivity index (χ3n) is 2.38. The molecule has 0 saturated carbocycles. The molecule has 2 amide bonds. The standard InChI is InChI=1S/C9H18N2O.CHNO2/c1-2-5-8(10)9(12)11-6-3-4-7-11;3-1-2-4/h8H,2-7,10H2,1H3;1H. The van der Waals surface area contributed by atoms with Crippen LogP contribution in [-0.2, 0) is 9.59 Å². The van der Waals surface area contributed by atoms with Gasteiger partial charge >= 0.3 is 0 Å². The summed E-state index contributed by atoms with van der Waals surface area (Å²) >= 11 is 0. The summed E-state index contributed by atoms with van der Waals surface area (Å²) in [5.41, 5.74) is 5.72. The summed E-state index contributed by atoms with van der Waals surface area (Å²) in [5, 5.41) is 1.81. The van der Waals surface area contributed by atoms with Gasteiger partial charge < -0.3 is 10.6 Å². The Bertz CT molecular complexity index is 221. The van der Waals surface area contributed by atoms with Crippen LogP contribution in [0.3, 0.4) is 0 Å². The van der Waals surface area contributed by atoms with E-state index in [1.807, 2.05) is 4.90 Å². The molecule has 1 fully saturated rings. The number of nitroso groups, excluding NO2 is 1. The van der Waals surface area contributed by atoms with Gasteiger partial charge in [0.05, 0.1) is 6.04 Å². The van der Waals surface area contributed by atoms with Crippen molar-refractivity contribution in [1.82, 2.24) is 4.90 Å². The Balaban J connectivity index is 0.000000487. The Kier molecular flexibility index (Phi) is 8.24. The van der Waals surface area contributed by atoms with Crippen LogP contribution in [-0.4, -0.2) is 36.3 Å².